The fraction of sp³-hybridized carbons (Fsp3) is 0.538. The highest BCUT2D eigenvalue weighted by molar-refractivity contribution is 9.10. The molecule has 2 atom stereocenters. The highest BCUT2D eigenvalue weighted by Gasteiger charge is 2.29. The lowest BCUT2D eigenvalue weighted by Gasteiger charge is -2.14. The number of benzene rings is 1. The van der Waals surface area contributed by atoms with E-state index in [0.29, 0.717) is 23.7 Å². The Morgan fingerprint density at radius 2 is 2.21 bits per heavy atom. The van der Waals surface area contributed by atoms with Crippen LogP contribution in [0.4, 0.5) is 4.39 Å². The summed E-state index contributed by atoms with van der Waals surface area (Å²) in [6.45, 7) is 0. The first-order valence-corrected chi connectivity index (χ1v) is 8.79. The van der Waals surface area contributed by atoms with Crippen molar-refractivity contribution in [1.82, 2.24) is 0 Å². The summed E-state index contributed by atoms with van der Waals surface area (Å²) in [6.07, 6.45) is 0.937. The minimum absolute atomic E-state index is 0.0453. The molecule has 1 aromatic rings. The van der Waals surface area contributed by atoms with Gasteiger partial charge in [0.25, 0.3) is 0 Å². The van der Waals surface area contributed by atoms with E-state index in [9.17, 15) is 17.9 Å². The van der Waals surface area contributed by atoms with Crippen LogP contribution in [0.3, 0.4) is 0 Å². The van der Waals surface area contributed by atoms with Gasteiger partial charge >= 0.3 is 0 Å². The number of sulfone groups is 1. The Hall–Kier alpha value is -0.460. The summed E-state index contributed by atoms with van der Waals surface area (Å²) in [5.41, 5.74) is 0.835. The second-order valence-corrected chi connectivity index (χ2v) is 8.19. The second kappa shape index (κ2) is 5.89. The maximum Gasteiger partial charge on any atom is 0.150 e. The van der Waals surface area contributed by atoms with Crippen molar-refractivity contribution < 1.29 is 17.9 Å². The molecule has 2 unspecified atom stereocenters. The van der Waals surface area contributed by atoms with Crippen molar-refractivity contribution in [2.45, 2.75) is 25.4 Å². The fourth-order valence-corrected chi connectivity index (χ4v) is 4.77. The minimum Gasteiger partial charge on any atom is -0.393 e. The molecule has 19 heavy (non-hydrogen) atoms. The molecule has 0 aliphatic carbocycles. The smallest absolute Gasteiger partial charge is 0.150 e. The molecular weight excluding hydrogens is 335 g/mol. The number of rotatable bonds is 4. The van der Waals surface area contributed by atoms with Gasteiger partial charge in [-0.3, -0.25) is 0 Å². The average Bonchev–Trinajstić information content (AvgIpc) is 2.63. The SMILES string of the molecule is O=S1(=O)CCC(CC(O)Cc2ccc(F)c(Br)c2)C1. The number of halogens is 2. The standard InChI is InChI=1S/C13H16BrFO3S/c14-12-7-9(1-2-13(12)15)5-11(16)6-10-3-4-19(17,18)8-10/h1-2,7,10-11,16H,3-6,8H2. The lowest BCUT2D eigenvalue weighted by Crippen LogP contribution is -2.17. The van der Waals surface area contributed by atoms with Gasteiger partial charge in [0.15, 0.2) is 9.84 Å². The van der Waals surface area contributed by atoms with E-state index in [4.69, 9.17) is 0 Å². The average molecular weight is 351 g/mol. The molecule has 1 fully saturated rings. The Morgan fingerprint density at radius 3 is 2.79 bits per heavy atom. The maximum atomic E-state index is 13.1. The third-order valence-corrected chi connectivity index (χ3v) is 5.83. The molecule has 1 saturated heterocycles. The highest BCUT2D eigenvalue weighted by Crippen LogP contribution is 2.25. The first-order valence-electron chi connectivity index (χ1n) is 6.18. The van der Waals surface area contributed by atoms with E-state index in [0.717, 1.165) is 5.56 Å². The van der Waals surface area contributed by atoms with Gasteiger partial charge in [-0.1, -0.05) is 6.07 Å². The van der Waals surface area contributed by atoms with Crippen molar-refractivity contribution in [3.8, 4) is 0 Å². The first-order chi connectivity index (χ1) is 8.85. The molecule has 0 radical (unpaired) electrons. The summed E-state index contributed by atoms with van der Waals surface area (Å²) < 4.78 is 36.1. The van der Waals surface area contributed by atoms with Crippen LogP contribution in [0, 0.1) is 11.7 Å². The van der Waals surface area contributed by atoms with Gasteiger partial charge in [-0.15, -0.1) is 0 Å². The normalized spacial score (nSPS) is 23.4. The molecule has 6 heteroatoms. The van der Waals surface area contributed by atoms with Gasteiger partial charge in [0.1, 0.15) is 5.82 Å². The fourth-order valence-electron chi connectivity index (χ4n) is 2.46. The summed E-state index contributed by atoms with van der Waals surface area (Å²) >= 11 is 3.10. The zero-order chi connectivity index (χ0) is 14.0. The van der Waals surface area contributed by atoms with Crippen LogP contribution >= 0.6 is 15.9 Å². The van der Waals surface area contributed by atoms with Gasteiger partial charge in [0, 0.05) is 0 Å². The molecule has 1 aliphatic rings. The zero-order valence-corrected chi connectivity index (χ0v) is 12.8. The summed E-state index contributed by atoms with van der Waals surface area (Å²) in [6, 6.07) is 4.63. The van der Waals surface area contributed by atoms with Crippen LogP contribution in [0.25, 0.3) is 0 Å². The quantitative estimate of drug-likeness (QED) is 0.906. The van der Waals surface area contributed by atoms with Crippen molar-refractivity contribution in [2.24, 2.45) is 5.92 Å². The summed E-state index contributed by atoms with van der Waals surface area (Å²) in [5, 5.41) is 9.99. The number of aliphatic hydroxyl groups excluding tert-OH is 1. The Bertz CT molecular complexity index is 559. The molecule has 0 saturated carbocycles. The van der Waals surface area contributed by atoms with Gasteiger partial charge < -0.3 is 5.11 Å². The number of hydrogen-bond acceptors (Lipinski definition) is 3. The minimum atomic E-state index is -2.89. The number of aliphatic hydroxyl groups is 1. The van der Waals surface area contributed by atoms with Crippen LogP contribution in [0.1, 0.15) is 18.4 Å². The Labute approximate surface area is 120 Å². The van der Waals surface area contributed by atoms with Gasteiger partial charge in [-0.25, -0.2) is 12.8 Å². The molecule has 1 aliphatic heterocycles. The number of hydrogen-bond donors (Lipinski definition) is 1. The van der Waals surface area contributed by atoms with Crippen LogP contribution < -0.4 is 0 Å². The van der Waals surface area contributed by atoms with Crippen LogP contribution in [-0.2, 0) is 16.3 Å². The van der Waals surface area contributed by atoms with Gasteiger partial charge in [-0.05, 0) is 58.8 Å². The molecule has 2 rings (SSSR count). The molecule has 106 valence electrons. The summed E-state index contributed by atoms with van der Waals surface area (Å²) in [7, 11) is -2.89. The van der Waals surface area contributed by atoms with Gasteiger partial charge in [0.05, 0.1) is 22.1 Å². The lowest BCUT2D eigenvalue weighted by molar-refractivity contribution is 0.147. The van der Waals surface area contributed by atoms with Crippen LogP contribution in [0.2, 0.25) is 0 Å². The Balaban J connectivity index is 1.91. The summed E-state index contributed by atoms with van der Waals surface area (Å²) in [4.78, 5) is 0. The van der Waals surface area contributed by atoms with E-state index in [-0.39, 0.29) is 23.2 Å². The van der Waals surface area contributed by atoms with E-state index in [2.05, 4.69) is 15.9 Å². The molecule has 0 spiro atoms. The second-order valence-electron chi connectivity index (χ2n) is 5.11. The van der Waals surface area contributed by atoms with Crippen molar-refractivity contribution >= 4 is 25.8 Å². The van der Waals surface area contributed by atoms with E-state index < -0.39 is 15.9 Å². The molecular formula is C13H16BrFO3S. The van der Waals surface area contributed by atoms with Crippen molar-refractivity contribution in [3.05, 3.63) is 34.1 Å². The van der Waals surface area contributed by atoms with E-state index in [1.807, 2.05) is 0 Å². The van der Waals surface area contributed by atoms with E-state index in [1.165, 1.54) is 6.07 Å². The van der Waals surface area contributed by atoms with Crippen molar-refractivity contribution in [1.29, 1.82) is 0 Å². The maximum absolute atomic E-state index is 13.1. The predicted molar refractivity (Wildman–Crippen MR) is 75.2 cm³/mol. The monoisotopic (exact) mass is 350 g/mol. The topological polar surface area (TPSA) is 54.4 Å². The summed E-state index contributed by atoms with van der Waals surface area (Å²) in [5.74, 6) is 0.118. The molecule has 0 amide bonds. The molecule has 1 N–H and O–H groups in total. The van der Waals surface area contributed by atoms with Crippen LogP contribution in [-0.4, -0.2) is 31.1 Å². The molecule has 0 aromatic heterocycles. The third kappa shape index (κ3) is 4.26. The predicted octanol–water partition coefficient (Wildman–Crippen LogP) is 2.32. The van der Waals surface area contributed by atoms with Crippen LogP contribution in [0.5, 0.6) is 0 Å². The van der Waals surface area contributed by atoms with Gasteiger partial charge in [0.2, 0.25) is 0 Å². The van der Waals surface area contributed by atoms with Crippen molar-refractivity contribution in [3.63, 3.8) is 0 Å². The first kappa shape index (κ1) is 14.9. The molecule has 0 bridgehead atoms. The Morgan fingerprint density at radius 1 is 1.47 bits per heavy atom. The molecule has 1 aromatic carbocycles. The van der Waals surface area contributed by atoms with E-state index in [1.54, 1.807) is 12.1 Å². The van der Waals surface area contributed by atoms with Crippen LogP contribution in [0.15, 0.2) is 22.7 Å². The largest absolute Gasteiger partial charge is 0.393 e. The van der Waals surface area contributed by atoms with Crippen molar-refractivity contribution in [2.75, 3.05) is 11.5 Å². The highest BCUT2D eigenvalue weighted by atomic mass is 79.9. The third-order valence-electron chi connectivity index (χ3n) is 3.39. The van der Waals surface area contributed by atoms with Gasteiger partial charge in [-0.2, -0.15) is 0 Å². The molecule has 1 heterocycles. The van der Waals surface area contributed by atoms with E-state index >= 15 is 0 Å². The Kier molecular flexibility index (Phi) is 4.63. The zero-order valence-electron chi connectivity index (χ0n) is 10.4. The molecule has 3 nitrogen and oxygen atoms in total. The lowest BCUT2D eigenvalue weighted by atomic mass is 9.97.